The van der Waals surface area contributed by atoms with Gasteiger partial charge < -0.3 is 9.47 Å². The molecule has 0 aromatic heterocycles. The smallest absolute Gasteiger partial charge is 0.406 e. The van der Waals surface area contributed by atoms with Gasteiger partial charge in [-0.2, -0.15) is 0 Å². The van der Waals surface area contributed by atoms with Crippen LogP contribution in [0, 0.1) is 0 Å². The van der Waals surface area contributed by atoms with Crippen molar-refractivity contribution < 1.29 is 33.4 Å². The number of hydrogen-bond acceptors (Lipinski definition) is 7. The van der Waals surface area contributed by atoms with Crippen LogP contribution in [0.3, 0.4) is 0 Å². The van der Waals surface area contributed by atoms with Crippen LogP contribution in [-0.4, -0.2) is 51.0 Å². The van der Waals surface area contributed by atoms with Gasteiger partial charge in [0, 0.05) is 50.4 Å². The van der Waals surface area contributed by atoms with Crippen molar-refractivity contribution in [3.8, 4) is 0 Å². The zero-order chi connectivity index (χ0) is 29.3. The van der Waals surface area contributed by atoms with Gasteiger partial charge >= 0.3 is 6.16 Å². The average molecular weight is 573 g/mol. The molecule has 2 aromatic rings. The fourth-order valence-corrected chi connectivity index (χ4v) is 7.66. The molecule has 6 rings (SSSR count). The van der Waals surface area contributed by atoms with Crippen LogP contribution in [0.25, 0.3) is 0 Å². The summed E-state index contributed by atoms with van der Waals surface area (Å²) in [5.41, 5.74) is -1.43. The van der Waals surface area contributed by atoms with Gasteiger partial charge in [0.05, 0.1) is 0 Å². The largest absolute Gasteiger partial charge is 0.512 e. The van der Waals surface area contributed by atoms with E-state index in [1.165, 1.54) is 0 Å². The highest BCUT2D eigenvalue weighted by Crippen LogP contribution is 2.50. The third-order valence-electron chi connectivity index (χ3n) is 9.43. The number of rotatable bonds is 6. The first-order valence-electron chi connectivity index (χ1n) is 15.1. The fraction of sp³-hybridized carbons (Fsp3) is 0.485. The standard InChI is InChI=1S/C33H36N2O7/c36-27-17-18-28(37)34(27)32(21-9-7-15-25(32)23-11-3-1-4-12-23)41-31(40)42-33(35-29(38)19-20-30(35)39)22-10-8-16-26(33)24-13-5-2-6-14-24/h1-6,11-14,25-26H,7-10,15-22H2/t25-,26-,32+,33+/m1/s1. The first-order chi connectivity index (χ1) is 20.4. The molecular formula is C33H36N2O7. The molecule has 0 unspecified atom stereocenters. The number of hydrogen-bond donors (Lipinski definition) is 0. The summed E-state index contributed by atoms with van der Waals surface area (Å²) in [6.07, 6.45) is 3.86. The molecule has 4 aliphatic rings. The number of likely N-dealkylation sites (tertiary alicyclic amines) is 2. The minimum atomic E-state index is -1.57. The molecule has 2 heterocycles. The lowest BCUT2D eigenvalue weighted by Gasteiger charge is -2.50. The maximum atomic E-state index is 14.1. The molecule has 0 radical (unpaired) electrons. The second-order valence-corrected chi connectivity index (χ2v) is 11.8. The first kappa shape index (κ1) is 28.1. The lowest BCUT2D eigenvalue weighted by Crippen LogP contribution is -2.62. The summed E-state index contributed by atoms with van der Waals surface area (Å²) in [6, 6.07) is 19.0. The van der Waals surface area contributed by atoms with Crippen molar-refractivity contribution in [2.24, 2.45) is 0 Å². The van der Waals surface area contributed by atoms with Crippen molar-refractivity contribution in [3.63, 3.8) is 0 Å². The van der Waals surface area contributed by atoms with Crippen molar-refractivity contribution in [2.75, 3.05) is 0 Å². The lowest BCUT2D eigenvalue weighted by atomic mass is 9.75. The number of benzene rings is 2. The van der Waals surface area contributed by atoms with E-state index >= 15 is 0 Å². The van der Waals surface area contributed by atoms with E-state index in [4.69, 9.17) is 9.47 Å². The van der Waals surface area contributed by atoms with E-state index in [2.05, 4.69) is 0 Å². The van der Waals surface area contributed by atoms with Gasteiger partial charge in [-0.25, -0.2) is 14.6 Å². The molecule has 2 aliphatic carbocycles. The Kier molecular flexibility index (Phi) is 7.60. The van der Waals surface area contributed by atoms with Gasteiger partial charge in [-0.05, 0) is 36.8 Å². The highest BCUT2D eigenvalue weighted by Gasteiger charge is 2.59. The molecule has 0 N–H and O–H groups in total. The number of carbonyl (C=O) groups excluding carboxylic acids is 5. The molecular weight excluding hydrogens is 536 g/mol. The van der Waals surface area contributed by atoms with E-state index in [-0.39, 0.29) is 62.2 Å². The van der Waals surface area contributed by atoms with Gasteiger partial charge in [-0.3, -0.25) is 19.2 Å². The van der Waals surface area contributed by atoms with Crippen LogP contribution >= 0.6 is 0 Å². The molecule has 4 atom stereocenters. The predicted molar refractivity (Wildman–Crippen MR) is 151 cm³/mol. The van der Waals surface area contributed by atoms with E-state index in [0.717, 1.165) is 33.8 Å². The summed E-state index contributed by atoms with van der Waals surface area (Å²) >= 11 is 0. The summed E-state index contributed by atoms with van der Waals surface area (Å²) in [7, 11) is 0. The third-order valence-corrected chi connectivity index (χ3v) is 9.43. The van der Waals surface area contributed by atoms with Crippen LogP contribution < -0.4 is 0 Å². The van der Waals surface area contributed by atoms with E-state index in [9.17, 15) is 24.0 Å². The molecule has 9 heteroatoms. The number of carbonyl (C=O) groups is 5. The van der Waals surface area contributed by atoms with Gasteiger partial charge in [0.1, 0.15) is 0 Å². The van der Waals surface area contributed by atoms with Crippen LogP contribution in [0.5, 0.6) is 0 Å². The summed E-state index contributed by atoms with van der Waals surface area (Å²) < 4.78 is 12.6. The van der Waals surface area contributed by atoms with Crippen LogP contribution in [0.2, 0.25) is 0 Å². The highest BCUT2D eigenvalue weighted by atomic mass is 16.8. The molecule has 2 aromatic carbocycles. The van der Waals surface area contributed by atoms with Crippen LogP contribution in [0.4, 0.5) is 4.79 Å². The molecule has 0 bridgehead atoms. The summed E-state index contributed by atoms with van der Waals surface area (Å²) in [5, 5.41) is 0. The van der Waals surface area contributed by atoms with E-state index in [1.54, 1.807) is 0 Å². The second kappa shape index (κ2) is 11.3. The van der Waals surface area contributed by atoms with Gasteiger partial charge in [0.25, 0.3) is 0 Å². The Labute approximate surface area is 245 Å². The molecule has 220 valence electrons. The average Bonchev–Trinajstić information content (AvgIpc) is 3.53. The molecule has 2 saturated heterocycles. The maximum absolute atomic E-state index is 14.1. The van der Waals surface area contributed by atoms with Crippen molar-refractivity contribution >= 4 is 29.8 Å². The molecule has 9 nitrogen and oxygen atoms in total. The lowest BCUT2D eigenvalue weighted by molar-refractivity contribution is -0.205. The van der Waals surface area contributed by atoms with E-state index < -0.39 is 29.4 Å². The Bertz CT molecular complexity index is 1240. The Hall–Kier alpha value is -4.01. The monoisotopic (exact) mass is 572 g/mol. The van der Waals surface area contributed by atoms with Crippen LogP contribution in [-0.2, 0) is 28.7 Å². The minimum Gasteiger partial charge on any atom is -0.406 e. The van der Waals surface area contributed by atoms with Crippen LogP contribution in [0.15, 0.2) is 60.7 Å². The third kappa shape index (κ3) is 4.78. The SMILES string of the molecule is O=C(O[C@@]1(N2C(=O)CCC2=O)CCCC[C@@H]1c1ccccc1)O[C@@]1(N2C(=O)CCC2=O)CCCC[C@@H]1c1ccccc1. The van der Waals surface area contributed by atoms with Crippen LogP contribution in [0.1, 0.15) is 100 Å². The van der Waals surface area contributed by atoms with E-state index in [0.29, 0.717) is 25.7 Å². The molecule has 2 saturated carbocycles. The molecule has 2 aliphatic heterocycles. The summed E-state index contributed by atoms with van der Waals surface area (Å²) in [4.78, 5) is 69.3. The summed E-state index contributed by atoms with van der Waals surface area (Å²) in [6.45, 7) is 0. The summed E-state index contributed by atoms with van der Waals surface area (Å²) in [5.74, 6) is -2.42. The second-order valence-electron chi connectivity index (χ2n) is 11.8. The van der Waals surface area contributed by atoms with E-state index in [1.807, 2.05) is 60.7 Å². The molecule has 42 heavy (non-hydrogen) atoms. The molecule has 4 fully saturated rings. The fourth-order valence-electron chi connectivity index (χ4n) is 7.66. The number of nitrogens with zero attached hydrogens (tertiary/aromatic N) is 2. The maximum Gasteiger partial charge on any atom is 0.512 e. The molecule has 0 spiro atoms. The zero-order valence-corrected chi connectivity index (χ0v) is 23.7. The minimum absolute atomic E-state index is 0.0529. The Morgan fingerprint density at radius 2 is 0.929 bits per heavy atom. The normalized spacial score (nSPS) is 30.1. The topological polar surface area (TPSA) is 110 Å². The van der Waals surface area contributed by atoms with Crippen molar-refractivity contribution in [2.45, 2.75) is 100 Å². The number of ether oxygens (including phenoxy) is 2. The first-order valence-corrected chi connectivity index (χ1v) is 15.1. The van der Waals surface area contributed by atoms with Crippen molar-refractivity contribution in [3.05, 3.63) is 71.8 Å². The van der Waals surface area contributed by atoms with Gasteiger partial charge in [-0.1, -0.05) is 73.5 Å². The Balaban J connectivity index is 1.42. The zero-order valence-electron chi connectivity index (χ0n) is 23.7. The van der Waals surface area contributed by atoms with Crippen molar-refractivity contribution in [1.82, 2.24) is 9.80 Å². The van der Waals surface area contributed by atoms with Gasteiger partial charge in [0.2, 0.25) is 35.1 Å². The van der Waals surface area contributed by atoms with Gasteiger partial charge in [-0.15, -0.1) is 0 Å². The quantitative estimate of drug-likeness (QED) is 0.330. The predicted octanol–water partition coefficient (Wildman–Crippen LogP) is 5.55. The van der Waals surface area contributed by atoms with Crippen molar-refractivity contribution in [1.29, 1.82) is 0 Å². The van der Waals surface area contributed by atoms with Gasteiger partial charge in [0.15, 0.2) is 0 Å². The Morgan fingerprint density at radius 1 is 0.571 bits per heavy atom. The number of imide groups is 2. The number of amides is 4. The Morgan fingerprint density at radius 3 is 1.29 bits per heavy atom. The highest BCUT2D eigenvalue weighted by molar-refractivity contribution is 6.03. The molecule has 4 amide bonds.